The van der Waals surface area contributed by atoms with E-state index in [0.29, 0.717) is 18.0 Å². The number of sulfonamides is 1. The summed E-state index contributed by atoms with van der Waals surface area (Å²) in [6.45, 7) is 3.80. The monoisotopic (exact) mass is 451 g/mol. The fraction of sp³-hybridized carbons (Fsp3) is 0.167. The van der Waals surface area contributed by atoms with Crippen molar-refractivity contribution in [2.45, 2.75) is 18.7 Å². The average molecular weight is 452 g/mol. The maximum atomic E-state index is 13.4. The molecule has 7 nitrogen and oxygen atoms in total. The van der Waals surface area contributed by atoms with Crippen molar-refractivity contribution in [2.75, 3.05) is 17.5 Å². The van der Waals surface area contributed by atoms with E-state index < -0.39 is 22.5 Å². The van der Waals surface area contributed by atoms with E-state index in [0.717, 1.165) is 15.4 Å². The lowest BCUT2D eigenvalue weighted by Crippen LogP contribution is -2.39. The van der Waals surface area contributed by atoms with Gasteiger partial charge in [-0.3, -0.25) is 9.10 Å². The number of benzene rings is 3. The van der Waals surface area contributed by atoms with Crippen molar-refractivity contribution in [3.8, 4) is 5.75 Å². The maximum Gasteiger partial charge on any atom is 0.264 e. The zero-order chi connectivity index (χ0) is 23.0. The van der Waals surface area contributed by atoms with Crippen LogP contribution in [-0.2, 0) is 14.8 Å². The largest absolute Gasteiger partial charge is 0.494 e. The van der Waals surface area contributed by atoms with Gasteiger partial charge in [0.1, 0.15) is 12.3 Å². The molecule has 0 fully saturated rings. The molecule has 0 heterocycles. The highest BCUT2D eigenvalue weighted by molar-refractivity contribution is 7.92. The highest BCUT2D eigenvalue weighted by Crippen LogP contribution is 2.26. The quantitative estimate of drug-likeness (QED) is 0.397. The molecule has 166 valence electrons. The van der Waals surface area contributed by atoms with Crippen LogP contribution in [0.25, 0.3) is 0 Å². The van der Waals surface area contributed by atoms with Gasteiger partial charge in [-0.15, -0.1) is 0 Å². The Morgan fingerprint density at radius 2 is 1.66 bits per heavy atom. The molecule has 0 aliphatic heterocycles. The van der Waals surface area contributed by atoms with Crippen LogP contribution >= 0.6 is 0 Å². The molecule has 0 aliphatic carbocycles. The van der Waals surface area contributed by atoms with E-state index in [4.69, 9.17) is 4.74 Å². The smallest absolute Gasteiger partial charge is 0.264 e. The average Bonchev–Trinajstić information content (AvgIpc) is 2.79. The van der Waals surface area contributed by atoms with Gasteiger partial charge in [0.05, 0.1) is 23.4 Å². The fourth-order valence-electron chi connectivity index (χ4n) is 2.91. The second-order valence-electron chi connectivity index (χ2n) is 6.96. The van der Waals surface area contributed by atoms with Crippen molar-refractivity contribution in [3.63, 3.8) is 0 Å². The molecule has 1 amide bonds. The number of carbonyl (C=O) groups excluding carboxylic acids is 1. The summed E-state index contributed by atoms with van der Waals surface area (Å²) in [5.41, 5.74) is 4.48. The maximum absolute atomic E-state index is 13.4. The zero-order valence-corrected chi connectivity index (χ0v) is 18.7. The lowest BCUT2D eigenvalue weighted by molar-refractivity contribution is -0.119. The molecule has 3 rings (SSSR count). The lowest BCUT2D eigenvalue weighted by atomic mass is 10.2. The van der Waals surface area contributed by atoms with Crippen molar-refractivity contribution in [3.05, 3.63) is 90.0 Å². The molecule has 0 aromatic heterocycles. The second-order valence-corrected chi connectivity index (χ2v) is 8.82. The first-order valence-corrected chi connectivity index (χ1v) is 11.5. The van der Waals surface area contributed by atoms with Crippen LogP contribution in [0.4, 0.5) is 5.69 Å². The van der Waals surface area contributed by atoms with Gasteiger partial charge in [-0.05, 0) is 55.8 Å². The van der Waals surface area contributed by atoms with E-state index in [9.17, 15) is 13.2 Å². The minimum absolute atomic E-state index is 0.0950. The number of amides is 1. The number of nitrogens with zero attached hydrogens (tertiary/aromatic N) is 2. The molecule has 0 spiro atoms. The minimum atomic E-state index is -3.99. The molecule has 8 heteroatoms. The van der Waals surface area contributed by atoms with Crippen LogP contribution in [0.5, 0.6) is 5.75 Å². The van der Waals surface area contributed by atoms with Crippen molar-refractivity contribution in [2.24, 2.45) is 5.10 Å². The second kappa shape index (κ2) is 10.6. The molecular formula is C24H25N3O4S. The molecular weight excluding hydrogens is 426 g/mol. The number of carbonyl (C=O) groups is 1. The van der Waals surface area contributed by atoms with Crippen LogP contribution in [0, 0.1) is 6.92 Å². The van der Waals surface area contributed by atoms with Crippen molar-refractivity contribution >= 4 is 27.8 Å². The first-order valence-electron chi connectivity index (χ1n) is 10.1. The predicted octanol–water partition coefficient (Wildman–Crippen LogP) is 3.74. The zero-order valence-electron chi connectivity index (χ0n) is 17.9. The summed E-state index contributed by atoms with van der Waals surface area (Å²) in [6, 6.07) is 22.3. The van der Waals surface area contributed by atoms with Crippen LogP contribution in [0.1, 0.15) is 18.1 Å². The van der Waals surface area contributed by atoms with Crippen molar-refractivity contribution < 1.29 is 17.9 Å². The highest BCUT2D eigenvalue weighted by atomic mass is 32.2. The Balaban J connectivity index is 1.85. The number of aryl methyl sites for hydroxylation is 1. The molecule has 3 aromatic rings. The number of hydrogen-bond donors (Lipinski definition) is 1. The molecule has 0 atom stereocenters. The van der Waals surface area contributed by atoms with E-state index >= 15 is 0 Å². The summed E-state index contributed by atoms with van der Waals surface area (Å²) in [4.78, 5) is 12.7. The molecule has 0 radical (unpaired) electrons. The van der Waals surface area contributed by atoms with Gasteiger partial charge in [-0.1, -0.05) is 48.0 Å². The van der Waals surface area contributed by atoms with Crippen LogP contribution in [0.3, 0.4) is 0 Å². The summed E-state index contributed by atoms with van der Waals surface area (Å²) in [6.07, 6.45) is 1.49. The number of rotatable bonds is 9. The molecule has 0 saturated heterocycles. The Hall–Kier alpha value is -3.65. The number of hydrazone groups is 1. The molecule has 3 aromatic carbocycles. The third-order valence-electron chi connectivity index (χ3n) is 4.53. The van der Waals surface area contributed by atoms with Crippen LogP contribution in [0.15, 0.2) is 88.9 Å². The lowest BCUT2D eigenvalue weighted by Gasteiger charge is -2.24. The Morgan fingerprint density at radius 1 is 1.00 bits per heavy atom. The SMILES string of the molecule is CCOc1ccc(N(CC(=O)N/N=C/c2ccccc2)S(=O)(=O)c2ccc(C)cc2)cc1. The van der Waals surface area contributed by atoms with E-state index in [1.807, 2.05) is 44.2 Å². The van der Waals surface area contributed by atoms with Crippen molar-refractivity contribution in [1.82, 2.24) is 5.43 Å². The number of anilines is 1. The first kappa shape index (κ1) is 23.0. The van der Waals surface area contributed by atoms with Gasteiger partial charge in [0.25, 0.3) is 15.9 Å². The van der Waals surface area contributed by atoms with Crippen molar-refractivity contribution in [1.29, 1.82) is 0 Å². The van der Waals surface area contributed by atoms with E-state index in [1.165, 1.54) is 18.3 Å². The van der Waals surface area contributed by atoms with Gasteiger partial charge in [-0.25, -0.2) is 13.8 Å². The first-order chi connectivity index (χ1) is 15.4. The highest BCUT2D eigenvalue weighted by Gasteiger charge is 2.27. The summed E-state index contributed by atoms with van der Waals surface area (Å²) < 4.78 is 33.2. The van der Waals surface area contributed by atoms with Gasteiger partial charge in [0, 0.05) is 0 Å². The summed E-state index contributed by atoms with van der Waals surface area (Å²) in [7, 11) is -3.99. The Kier molecular flexibility index (Phi) is 7.62. The van der Waals surface area contributed by atoms with Gasteiger partial charge in [0.2, 0.25) is 0 Å². The Bertz CT molecular complexity index is 1160. The van der Waals surface area contributed by atoms with Crippen LogP contribution in [0.2, 0.25) is 0 Å². The van der Waals surface area contributed by atoms with Gasteiger partial charge >= 0.3 is 0 Å². The Morgan fingerprint density at radius 3 is 2.28 bits per heavy atom. The van der Waals surface area contributed by atoms with Gasteiger partial charge in [0.15, 0.2) is 0 Å². The van der Waals surface area contributed by atoms with E-state index in [1.54, 1.807) is 36.4 Å². The number of ether oxygens (including phenoxy) is 1. The minimum Gasteiger partial charge on any atom is -0.494 e. The van der Waals surface area contributed by atoms with Gasteiger partial charge in [-0.2, -0.15) is 5.10 Å². The summed E-state index contributed by atoms with van der Waals surface area (Å²) in [5.74, 6) is 0.0441. The summed E-state index contributed by atoms with van der Waals surface area (Å²) >= 11 is 0. The third-order valence-corrected chi connectivity index (χ3v) is 6.32. The third kappa shape index (κ3) is 5.95. The molecule has 0 aliphatic rings. The molecule has 1 N–H and O–H groups in total. The topological polar surface area (TPSA) is 88.1 Å². The van der Waals surface area contributed by atoms with E-state index in [-0.39, 0.29) is 4.90 Å². The standard InChI is InChI=1S/C24H25N3O4S/c1-3-31-22-13-11-21(12-14-22)27(32(29,30)23-15-9-19(2)10-16-23)18-24(28)26-25-17-20-7-5-4-6-8-20/h4-17H,3,18H2,1-2H3,(H,26,28)/b25-17+. The van der Waals surface area contributed by atoms with Crippen LogP contribution < -0.4 is 14.5 Å². The number of nitrogens with one attached hydrogen (secondary N) is 1. The van der Waals surface area contributed by atoms with Crippen LogP contribution in [-0.4, -0.2) is 33.7 Å². The summed E-state index contributed by atoms with van der Waals surface area (Å²) in [5, 5.41) is 3.93. The molecule has 0 unspecified atom stereocenters. The van der Waals surface area contributed by atoms with Gasteiger partial charge < -0.3 is 4.74 Å². The normalized spacial score (nSPS) is 11.3. The molecule has 0 saturated carbocycles. The van der Waals surface area contributed by atoms with E-state index in [2.05, 4.69) is 10.5 Å². The predicted molar refractivity (Wildman–Crippen MR) is 126 cm³/mol. The Labute approximate surface area is 188 Å². The fourth-order valence-corrected chi connectivity index (χ4v) is 4.33. The molecule has 0 bridgehead atoms. The number of hydrogen-bond acceptors (Lipinski definition) is 5. The molecule has 32 heavy (non-hydrogen) atoms.